The van der Waals surface area contributed by atoms with Crippen LogP contribution in [0.3, 0.4) is 0 Å². The van der Waals surface area contributed by atoms with Crippen molar-refractivity contribution >= 4 is 5.91 Å². The first-order valence-electron chi connectivity index (χ1n) is 3.72. The van der Waals surface area contributed by atoms with Crippen LogP contribution < -0.4 is 5.73 Å². The number of aromatic hydroxyl groups is 1. The summed E-state index contributed by atoms with van der Waals surface area (Å²) in [6.07, 6.45) is 1.39. The topological polar surface area (TPSA) is 83.6 Å². The highest BCUT2D eigenvalue weighted by atomic mass is 16.3. The average molecular weight is 180 g/mol. The fraction of sp³-hybridized carbons (Fsp3) is 0.111. The molecule has 4 N–H and O–H groups in total. The summed E-state index contributed by atoms with van der Waals surface area (Å²) in [6.45, 7) is -0.199. The van der Waals surface area contributed by atoms with Crippen LogP contribution in [0.25, 0.3) is 0 Å². The second-order valence-electron chi connectivity index (χ2n) is 2.49. The van der Waals surface area contributed by atoms with Crippen molar-refractivity contribution in [3.8, 4) is 5.75 Å². The van der Waals surface area contributed by atoms with E-state index in [4.69, 9.17) is 10.8 Å². The standard InChI is InChI=1S/C9H10NO3/c10-9(13)7-3-1-2-6(4-5-11)8(7)12/h1-4,11-12H,5H2,(H2,10,13). The molecule has 1 aromatic rings. The Morgan fingerprint density at radius 1 is 1.54 bits per heavy atom. The Hall–Kier alpha value is -1.55. The van der Waals surface area contributed by atoms with Gasteiger partial charge in [0.15, 0.2) is 0 Å². The van der Waals surface area contributed by atoms with Gasteiger partial charge in [0, 0.05) is 12.0 Å². The average Bonchev–Trinajstić information content (AvgIpc) is 2.08. The van der Waals surface area contributed by atoms with Gasteiger partial charge in [-0.2, -0.15) is 0 Å². The number of hydrogen-bond donors (Lipinski definition) is 3. The van der Waals surface area contributed by atoms with Crippen LogP contribution in [-0.4, -0.2) is 22.7 Å². The minimum Gasteiger partial charge on any atom is -0.507 e. The number of phenols is 1. The van der Waals surface area contributed by atoms with E-state index in [-0.39, 0.29) is 17.9 Å². The van der Waals surface area contributed by atoms with Gasteiger partial charge in [-0.05, 0) is 6.07 Å². The van der Waals surface area contributed by atoms with E-state index in [9.17, 15) is 9.90 Å². The summed E-state index contributed by atoms with van der Waals surface area (Å²) >= 11 is 0. The van der Waals surface area contributed by atoms with E-state index in [1.807, 2.05) is 0 Å². The smallest absolute Gasteiger partial charge is 0.252 e. The SMILES string of the molecule is NC(=O)c1cccc([CH]CO)c1O. The first kappa shape index (κ1) is 9.54. The second-order valence-corrected chi connectivity index (χ2v) is 2.49. The molecule has 0 unspecified atom stereocenters. The molecule has 0 aliphatic heterocycles. The summed E-state index contributed by atoms with van der Waals surface area (Å²) in [5.41, 5.74) is 5.46. The first-order chi connectivity index (χ1) is 6.16. The molecule has 0 saturated carbocycles. The lowest BCUT2D eigenvalue weighted by Gasteiger charge is -2.05. The Morgan fingerprint density at radius 2 is 2.23 bits per heavy atom. The van der Waals surface area contributed by atoms with E-state index >= 15 is 0 Å². The van der Waals surface area contributed by atoms with Gasteiger partial charge in [-0.15, -0.1) is 0 Å². The van der Waals surface area contributed by atoms with E-state index in [1.54, 1.807) is 12.1 Å². The summed E-state index contributed by atoms with van der Waals surface area (Å²) in [6, 6.07) is 4.59. The van der Waals surface area contributed by atoms with Gasteiger partial charge in [-0.3, -0.25) is 4.79 Å². The predicted octanol–water partition coefficient (Wildman–Crippen LogP) is 0.0358. The number of amides is 1. The zero-order chi connectivity index (χ0) is 9.84. The predicted molar refractivity (Wildman–Crippen MR) is 47.1 cm³/mol. The molecule has 1 radical (unpaired) electrons. The number of nitrogens with two attached hydrogens (primary N) is 1. The van der Waals surface area contributed by atoms with Gasteiger partial charge in [0.05, 0.1) is 12.2 Å². The van der Waals surface area contributed by atoms with Crippen LogP contribution in [0, 0.1) is 6.42 Å². The van der Waals surface area contributed by atoms with Gasteiger partial charge in [0.2, 0.25) is 0 Å². The third kappa shape index (κ3) is 1.97. The molecule has 4 nitrogen and oxygen atoms in total. The normalized spacial score (nSPS) is 9.92. The van der Waals surface area contributed by atoms with E-state index in [1.165, 1.54) is 12.5 Å². The molecule has 0 aromatic heterocycles. The van der Waals surface area contributed by atoms with E-state index in [2.05, 4.69) is 0 Å². The Bertz CT molecular complexity index is 323. The number of para-hydroxylation sites is 1. The summed E-state index contributed by atoms with van der Waals surface area (Å²) in [4.78, 5) is 10.8. The quantitative estimate of drug-likeness (QED) is 0.613. The number of aliphatic hydroxyl groups is 1. The van der Waals surface area contributed by atoms with Crippen LogP contribution in [-0.2, 0) is 0 Å². The lowest BCUT2D eigenvalue weighted by atomic mass is 10.1. The first-order valence-corrected chi connectivity index (χ1v) is 3.72. The molecular weight excluding hydrogens is 170 g/mol. The van der Waals surface area contributed by atoms with Crippen molar-refractivity contribution in [2.45, 2.75) is 0 Å². The van der Waals surface area contributed by atoms with Gasteiger partial charge in [0.1, 0.15) is 5.75 Å². The highest BCUT2D eigenvalue weighted by Gasteiger charge is 2.10. The lowest BCUT2D eigenvalue weighted by molar-refractivity contribution is 0.0997. The number of benzene rings is 1. The monoisotopic (exact) mass is 180 g/mol. The zero-order valence-electron chi connectivity index (χ0n) is 6.90. The number of hydrogen-bond acceptors (Lipinski definition) is 3. The molecule has 1 amide bonds. The van der Waals surface area contributed by atoms with Crippen molar-refractivity contribution in [3.05, 3.63) is 35.7 Å². The Labute approximate surface area is 75.6 Å². The van der Waals surface area contributed by atoms with Gasteiger partial charge < -0.3 is 15.9 Å². The summed E-state index contributed by atoms with van der Waals surface area (Å²) < 4.78 is 0. The molecule has 0 spiro atoms. The largest absolute Gasteiger partial charge is 0.507 e. The minimum atomic E-state index is -0.689. The molecule has 1 aromatic carbocycles. The number of carbonyl (C=O) groups excluding carboxylic acids is 1. The Kier molecular flexibility index (Phi) is 2.87. The maximum atomic E-state index is 10.8. The molecule has 0 heterocycles. The number of primary amides is 1. The fourth-order valence-corrected chi connectivity index (χ4v) is 1.02. The van der Waals surface area contributed by atoms with Crippen LogP contribution in [0.4, 0.5) is 0 Å². The van der Waals surface area contributed by atoms with Crippen molar-refractivity contribution in [1.82, 2.24) is 0 Å². The van der Waals surface area contributed by atoms with E-state index in [0.717, 1.165) is 0 Å². The maximum absolute atomic E-state index is 10.8. The maximum Gasteiger partial charge on any atom is 0.252 e. The van der Waals surface area contributed by atoms with Crippen molar-refractivity contribution in [1.29, 1.82) is 0 Å². The lowest BCUT2D eigenvalue weighted by Crippen LogP contribution is -2.11. The molecule has 0 bridgehead atoms. The second kappa shape index (κ2) is 3.91. The third-order valence-corrected chi connectivity index (χ3v) is 1.64. The minimum absolute atomic E-state index is 0.0576. The Balaban J connectivity index is 3.10. The van der Waals surface area contributed by atoms with Crippen molar-refractivity contribution < 1.29 is 15.0 Å². The van der Waals surface area contributed by atoms with E-state index < -0.39 is 5.91 Å². The van der Waals surface area contributed by atoms with Crippen LogP contribution >= 0.6 is 0 Å². The van der Waals surface area contributed by atoms with Gasteiger partial charge in [-0.25, -0.2) is 0 Å². The van der Waals surface area contributed by atoms with Crippen LogP contribution in [0.15, 0.2) is 18.2 Å². The molecule has 13 heavy (non-hydrogen) atoms. The molecule has 0 aliphatic rings. The van der Waals surface area contributed by atoms with Crippen LogP contribution in [0.2, 0.25) is 0 Å². The summed E-state index contributed by atoms with van der Waals surface area (Å²) in [5.74, 6) is -0.880. The molecule has 0 saturated heterocycles. The summed E-state index contributed by atoms with van der Waals surface area (Å²) in [5, 5.41) is 18.0. The van der Waals surface area contributed by atoms with Crippen molar-refractivity contribution in [3.63, 3.8) is 0 Å². The van der Waals surface area contributed by atoms with Crippen LogP contribution in [0.5, 0.6) is 5.75 Å². The Morgan fingerprint density at radius 3 is 2.77 bits per heavy atom. The van der Waals surface area contributed by atoms with E-state index in [0.29, 0.717) is 5.56 Å². The summed E-state index contributed by atoms with van der Waals surface area (Å²) in [7, 11) is 0. The number of rotatable bonds is 3. The fourth-order valence-electron chi connectivity index (χ4n) is 1.02. The molecule has 1 rings (SSSR count). The molecule has 69 valence electrons. The number of aliphatic hydroxyl groups excluding tert-OH is 1. The van der Waals surface area contributed by atoms with Gasteiger partial charge in [-0.1, -0.05) is 12.1 Å². The molecule has 0 atom stereocenters. The number of carbonyl (C=O) groups is 1. The van der Waals surface area contributed by atoms with Gasteiger partial charge >= 0.3 is 0 Å². The third-order valence-electron chi connectivity index (χ3n) is 1.64. The zero-order valence-corrected chi connectivity index (χ0v) is 6.90. The highest BCUT2D eigenvalue weighted by molar-refractivity contribution is 5.96. The van der Waals surface area contributed by atoms with Crippen LogP contribution in [0.1, 0.15) is 15.9 Å². The molecule has 0 aliphatic carbocycles. The molecule has 4 heteroatoms. The van der Waals surface area contributed by atoms with Gasteiger partial charge in [0.25, 0.3) is 5.91 Å². The highest BCUT2D eigenvalue weighted by Crippen LogP contribution is 2.22. The molecular formula is C9H10NO3. The van der Waals surface area contributed by atoms with Crippen molar-refractivity contribution in [2.75, 3.05) is 6.61 Å². The van der Waals surface area contributed by atoms with Crippen molar-refractivity contribution in [2.24, 2.45) is 5.73 Å². The molecule has 0 fully saturated rings.